The first-order valence-electron chi connectivity index (χ1n) is 10.7. The molecule has 0 radical (unpaired) electrons. The number of amides is 2. The molecule has 0 spiro atoms. The number of ether oxygens (including phenoxy) is 3. The van der Waals surface area contributed by atoms with Crippen molar-refractivity contribution in [1.29, 1.82) is 0 Å². The lowest BCUT2D eigenvalue weighted by molar-refractivity contribution is -0.162. The fourth-order valence-electron chi connectivity index (χ4n) is 4.34. The lowest BCUT2D eigenvalue weighted by Crippen LogP contribution is -2.63. The molecule has 2 fully saturated rings. The van der Waals surface area contributed by atoms with Gasteiger partial charge in [0.05, 0.1) is 32.8 Å². The van der Waals surface area contributed by atoms with Gasteiger partial charge in [0.25, 0.3) is 0 Å². The Kier molecular flexibility index (Phi) is 8.10. The molecule has 0 aliphatic carbocycles. The topological polar surface area (TPSA) is 126 Å². The molecule has 180 valence electrons. The summed E-state index contributed by atoms with van der Waals surface area (Å²) >= 11 is 0. The number of para-hydroxylation sites is 1. The number of carbonyl (C=O) groups excluding carboxylic acids is 3. The van der Waals surface area contributed by atoms with Crippen LogP contribution in [-0.2, 0) is 28.6 Å². The number of hydrogen-bond donors (Lipinski definition) is 1. The van der Waals surface area contributed by atoms with Crippen LogP contribution in [0.1, 0.15) is 6.42 Å². The van der Waals surface area contributed by atoms with E-state index in [2.05, 4.69) is 4.90 Å². The fourth-order valence-corrected chi connectivity index (χ4v) is 4.34. The summed E-state index contributed by atoms with van der Waals surface area (Å²) < 4.78 is 15.1. The Balaban J connectivity index is 1.78. The van der Waals surface area contributed by atoms with Crippen molar-refractivity contribution in [2.75, 3.05) is 58.5 Å². The van der Waals surface area contributed by atoms with Crippen molar-refractivity contribution in [3.63, 3.8) is 0 Å². The molecule has 0 saturated carbocycles. The maximum absolute atomic E-state index is 13.5. The van der Waals surface area contributed by atoms with E-state index in [1.807, 2.05) is 30.3 Å². The van der Waals surface area contributed by atoms with Gasteiger partial charge in [-0.3, -0.25) is 14.5 Å². The SMILES string of the molecule is COC(=O)[C@H]1C[C@H](OCC(=O)O)CN(C(=O)OC)[C@@H]1C(=O)N1CCN(c2ccccc2)CC1. The monoisotopic (exact) mass is 463 g/mol. The Bertz CT molecular complexity index is 830. The minimum absolute atomic E-state index is 0.0494. The predicted octanol–water partition coefficient (Wildman–Crippen LogP) is 0.435. The number of rotatable bonds is 6. The highest BCUT2D eigenvalue weighted by molar-refractivity contribution is 5.91. The van der Waals surface area contributed by atoms with Crippen molar-refractivity contribution >= 4 is 29.6 Å². The lowest BCUT2D eigenvalue weighted by Gasteiger charge is -2.44. The van der Waals surface area contributed by atoms with Crippen LogP contribution in [0.4, 0.5) is 10.5 Å². The largest absolute Gasteiger partial charge is 0.480 e. The van der Waals surface area contributed by atoms with Gasteiger partial charge in [-0.2, -0.15) is 0 Å². The zero-order valence-corrected chi connectivity index (χ0v) is 18.7. The van der Waals surface area contributed by atoms with Gasteiger partial charge >= 0.3 is 18.0 Å². The number of piperazine rings is 1. The molecule has 2 amide bonds. The molecule has 2 saturated heterocycles. The summed E-state index contributed by atoms with van der Waals surface area (Å²) in [5.74, 6) is -3.24. The lowest BCUT2D eigenvalue weighted by atomic mass is 9.86. The van der Waals surface area contributed by atoms with E-state index in [0.29, 0.717) is 26.2 Å². The second-order valence-electron chi connectivity index (χ2n) is 7.91. The number of aliphatic carboxylic acids is 1. The molecule has 33 heavy (non-hydrogen) atoms. The molecule has 1 N–H and O–H groups in total. The number of likely N-dealkylation sites (tertiary alicyclic amines) is 1. The number of carbonyl (C=O) groups is 4. The smallest absolute Gasteiger partial charge is 0.410 e. The molecule has 11 nitrogen and oxygen atoms in total. The molecule has 0 aromatic heterocycles. The number of nitrogens with zero attached hydrogens (tertiary/aromatic N) is 3. The Morgan fingerprint density at radius 2 is 1.67 bits per heavy atom. The molecule has 2 aliphatic heterocycles. The first kappa shape index (κ1) is 24.3. The van der Waals surface area contributed by atoms with Crippen molar-refractivity contribution in [3.05, 3.63) is 30.3 Å². The van der Waals surface area contributed by atoms with Gasteiger partial charge in [-0.05, 0) is 18.6 Å². The third-order valence-electron chi connectivity index (χ3n) is 5.96. The Morgan fingerprint density at radius 1 is 1.00 bits per heavy atom. The highest BCUT2D eigenvalue weighted by Crippen LogP contribution is 2.29. The van der Waals surface area contributed by atoms with Crippen LogP contribution in [0, 0.1) is 5.92 Å². The molecule has 1 aromatic rings. The standard InChI is InChI=1S/C22H29N3O8/c1-31-21(29)17-12-16(33-14-18(26)27)13-25(22(30)32-2)19(17)20(28)24-10-8-23(9-11-24)15-6-4-3-5-7-15/h3-7,16-17,19H,8-14H2,1-2H3,(H,26,27)/t16-,17-,19-/m0/s1. The molecular weight excluding hydrogens is 434 g/mol. The maximum atomic E-state index is 13.5. The number of carboxylic acids is 1. The highest BCUT2D eigenvalue weighted by Gasteiger charge is 2.49. The van der Waals surface area contributed by atoms with Crippen LogP contribution < -0.4 is 4.90 Å². The molecule has 11 heteroatoms. The Hall–Kier alpha value is -3.34. The normalized spacial score (nSPS) is 23.1. The summed E-state index contributed by atoms with van der Waals surface area (Å²) in [4.78, 5) is 54.5. The van der Waals surface area contributed by atoms with Crippen molar-refractivity contribution in [1.82, 2.24) is 9.80 Å². The summed E-state index contributed by atoms with van der Waals surface area (Å²) in [6.07, 6.45) is -1.51. The van der Waals surface area contributed by atoms with E-state index in [0.717, 1.165) is 10.6 Å². The van der Waals surface area contributed by atoms with Gasteiger partial charge in [-0.25, -0.2) is 9.59 Å². The fraction of sp³-hybridized carbons (Fsp3) is 0.545. The third-order valence-corrected chi connectivity index (χ3v) is 5.96. The van der Waals surface area contributed by atoms with Crippen LogP contribution in [-0.4, -0.2) is 105 Å². The van der Waals surface area contributed by atoms with Gasteiger partial charge in [0, 0.05) is 31.9 Å². The van der Waals surface area contributed by atoms with Crippen LogP contribution in [0.3, 0.4) is 0 Å². The molecule has 0 unspecified atom stereocenters. The van der Waals surface area contributed by atoms with E-state index in [1.165, 1.54) is 14.2 Å². The number of piperidine rings is 1. The van der Waals surface area contributed by atoms with Gasteiger partial charge in [-0.15, -0.1) is 0 Å². The van der Waals surface area contributed by atoms with Crippen LogP contribution in [0.25, 0.3) is 0 Å². The van der Waals surface area contributed by atoms with E-state index in [9.17, 15) is 19.2 Å². The highest BCUT2D eigenvalue weighted by atomic mass is 16.5. The van der Waals surface area contributed by atoms with Gasteiger partial charge in [0.2, 0.25) is 5.91 Å². The van der Waals surface area contributed by atoms with Gasteiger partial charge < -0.3 is 29.1 Å². The average Bonchev–Trinajstić information content (AvgIpc) is 2.86. The van der Waals surface area contributed by atoms with E-state index in [4.69, 9.17) is 19.3 Å². The molecule has 3 atom stereocenters. The van der Waals surface area contributed by atoms with Crippen molar-refractivity contribution in [3.8, 4) is 0 Å². The van der Waals surface area contributed by atoms with E-state index in [1.54, 1.807) is 4.90 Å². The summed E-state index contributed by atoms with van der Waals surface area (Å²) in [6.45, 7) is 1.39. The zero-order chi connectivity index (χ0) is 24.0. The van der Waals surface area contributed by atoms with Crippen LogP contribution >= 0.6 is 0 Å². The van der Waals surface area contributed by atoms with Crippen molar-refractivity contribution < 1.29 is 38.5 Å². The average molecular weight is 463 g/mol. The number of hydrogen-bond acceptors (Lipinski definition) is 8. The number of benzene rings is 1. The van der Waals surface area contributed by atoms with Gasteiger partial charge in [0.1, 0.15) is 12.6 Å². The van der Waals surface area contributed by atoms with Crippen LogP contribution in [0.2, 0.25) is 0 Å². The molecule has 3 rings (SSSR count). The quantitative estimate of drug-likeness (QED) is 0.598. The molecule has 1 aromatic carbocycles. The summed E-state index contributed by atoms with van der Waals surface area (Å²) in [5.41, 5.74) is 1.06. The van der Waals surface area contributed by atoms with Crippen LogP contribution in [0.15, 0.2) is 30.3 Å². The Morgan fingerprint density at radius 3 is 2.24 bits per heavy atom. The number of methoxy groups -OCH3 is 2. The molecule has 2 heterocycles. The first-order valence-corrected chi connectivity index (χ1v) is 10.7. The van der Waals surface area contributed by atoms with E-state index < -0.39 is 42.7 Å². The van der Waals surface area contributed by atoms with E-state index in [-0.39, 0.29) is 18.9 Å². The third kappa shape index (κ3) is 5.72. The number of esters is 1. The van der Waals surface area contributed by atoms with Crippen LogP contribution in [0.5, 0.6) is 0 Å². The minimum atomic E-state index is -1.18. The minimum Gasteiger partial charge on any atom is -0.480 e. The predicted molar refractivity (Wildman–Crippen MR) is 116 cm³/mol. The van der Waals surface area contributed by atoms with Crippen molar-refractivity contribution in [2.45, 2.75) is 18.6 Å². The molecule has 0 bridgehead atoms. The second-order valence-corrected chi connectivity index (χ2v) is 7.91. The Labute approximate surface area is 191 Å². The molecular formula is C22H29N3O8. The summed E-state index contributed by atoms with van der Waals surface area (Å²) in [7, 11) is 2.38. The maximum Gasteiger partial charge on any atom is 0.410 e. The summed E-state index contributed by atoms with van der Waals surface area (Å²) in [5, 5.41) is 8.91. The first-order chi connectivity index (χ1) is 15.8. The molecule has 2 aliphatic rings. The van der Waals surface area contributed by atoms with Gasteiger partial charge in [0.15, 0.2) is 0 Å². The number of anilines is 1. The zero-order valence-electron chi connectivity index (χ0n) is 18.7. The second kappa shape index (κ2) is 11.0. The number of carboxylic acid groups (broad SMARTS) is 1. The summed E-state index contributed by atoms with van der Waals surface area (Å²) in [6, 6.07) is 8.72. The van der Waals surface area contributed by atoms with Crippen molar-refractivity contribution in [2.24, 2.45) is 5.92 Å². The van der Waals surface area contributed by atoms with Gasteiger partial charge in [-0.1, -0.05) is 18.2 Å². The van der Waals surface area contributed by atoms with E-state index >= 15 is 0 Å².